The van der Waals surface area contributed by atoms with Gasteiger partial charge >= 0.3 is 0 Å². The van der Waals surface area contributed by atoms with Crippen molar-refractivity contribution in [2.24, 2.45) is 0 Å². The van der Waals surface area contributed by atoms with E-state index in [0.29, 0.717) is 28.6 Å². The summed E-state index contributed by atoms with van der Waals surface area (Å²) in [4.78, 5) is 19.3. The van der Waals surface area contributed by atoms with E-state index in [9.17, 15) is 4.79 Å². The fraction of sp³-hybridized carbons (Fsp3) is 0.182. The molecule has 1 atom stereocenters. The van der Waals surface area contributed by atoms with Gasteiger partial charge in [-0.1, -0.05) is 11.6 Å². The number of hydrogen-bond acceptors (Lipinski definition) is 5. The van der Waals surface area contributed by atoms with Crippen LogP contribution in [-0.2, 0) is 0 Å². The maximum Gasteiger partial charge on any atom is 0.262 e. The maximum atomic E-state index is 13.1. The van der Waals surface area contributed by atoms with Crippen LogP contribution in [0.4, 0.5) is 11.4 Å². The summed E-state index contributed by atoms with van der Waals surface area (Å²) in [7, 11) is 1.57. The van der Waals surface area contributed by atoms with E-state index in [2.05, 4.69) is 10.3 Å². The average molecular weight is 410 g/mol. The highest BCUT2D eigenvalue weighted by Gasteiger charge is 2.39. The molecular weight excluding hydrogens is 390 g/mol. The van der Waals surface area contributed by atoms with Gasteiger partial charge in [-0.25, -0.2) is 0 Å². The van der Waals surface area contributed by atoms with Gasteiger partial charge in [0.1, 0.15) is 11.5 Å². The number of pyridine rings is 1. The van der Waals surface area contributed by atoms with Crippen molar-refractivity contribution in [1.29, 1.82) is 0 Å². The van der Waals surface area contributed by atoms with Crippen molar-refractivity contribution in [2.45, 2.75) is 13.1 Å². The Balaban J connectivity index is 1.71. The Morgan fingerprint density at radius 3 is 2.66 bits per heavy atom. The number of methoxy groups -OCH3 is 1. The molecule has 0 spiro atoms. The molecule has 6 nitrogen and oxygen atoms in total. The van der Waals surface area contributed by atoms with Gasteiger partial charge in [0, 0.05) is 17.6 Å². The van der Waals surface area contributed by atoms with Crippen molar-refractivity contribution in [3.63, 3.8) is 0 Å². The van der Waals surface area contributed by atoms with E-state index < -0.39 is 6.17 Å². The number of hydrogen-bond donors (Lipinski definition) is 1. The van der Waals surface area contributed by atoms with Crippen molar-refractivity contribution < 1.29 is 14.3 Å². The molecule has 1 aromatic heterocycles. The van der Waals surface area contributed by atoms with Crippen LogP contribution in [0.15, 0.2) is 60.8 Å². The molecule has 29 heavy (non-hydrogen) atoms. The van der Waals surface area contributed by atoms with E-state index in [4.69, 9.17) is 21.1 Å². The molecule has 3 aromatic rings. The van der Waals surface area contributed by atoms with Crippen LogP contribution in [0.3, 0.4) is 0 Å². The predicted molar refractivity (Wildman–Crippen MR) is 113 cm³/mol. The molecule has 1 aliphatic rings. The third-order valence-electron chi connectivity index (χ3n) is 4.69. The first-order chi connectivity index (χ1) is 14.1. The Hall–Kier alpha value is -3.25. The van der Waals surface area contributed by atoms with E-state index in [1.807, 2.05) is 37.3 Å². The summed E-state index contributed by atoms with van der Waals surface area (Å²) in [5.41, 5.74) is 2.73. The summed E-state index contributed by atoms with van der Waals surface area (Å²) in [6, 6.07) is 16.4. The minimum atomic E-state index is -0.471. The zero-order chi connectivity index (χ0) is 20.4. The molecule has 148 valence electrons. The number of carbonyl (C=O) groups excluding carboxylic acids is 1. The second-order valence-electron chi connectivity index (χ2n) is 6.43. The number of carbonyl (C=O) groups is 1. The molecule has 0 saturated heterocycles. The van der Waals surface area contributed by atoms with Crippen LogP contribution >= 0.6 is 11.6 Å². The summed E-state index contributed by atoms with van der Waals surface area (Å²) in [5, 5.41) is 3.86. The highest BCUT2D eigenvalue weighted by molar-refractivity contribution is 6.32. The normalized spacial score (nSPS) is 15.2. The second-order valence-corrected chi connectivity index (χ2v) is 6.84. The SMILES string of the molecule is CCOc1ccc(N2C(=O)c3cccnc3[C@@H]2Nc2ccc(OC)c(Cl)c2)cc1. The summed E-state index contributed by atoms with van der Waals surface area (Å²) in [6.45, 7) is 2.51. The summed E-state index contributed by atoms with van der Waals surface area (Å²) in [6.07, 6.45) is 1.21. The van der Waals surface area contributed by atoms with Gasteiger partial charge in [0.2, 0.25) is 0 Å². The third-order valence-corrected chi connectivity index (χ3v) is 4.98. The Bertz CT molecular complexity index is 1040. The topological polar surface area (TPSA) is 63.7 Å². The van der Waals surface area contributed by atoms with Gasteiger partial charge < -0.3 is 14.8 Å². The largest absolute Gasteiger partial charge is 0.495 e. The number of ether oxygens (including phenoxy) is 2. The minimum Gasteiger partial charge on any atom is -0.495 e. The first kappa shape index (κ1) is 19.1. The Morgan fingerprint density at radius 2 is 1.97 bits per heavy atom. The van der Waals surface area contributed by atoms with Crippen LogP contribution in [0.5, 0.6) is 11.5 Å². The van der Waals surface area contributed by atoms with Crippen LogP contribution in [-0.4, -0.2) is 24.6 Å². The Kier molecular flexibility index (Phi) is 5.27. The first-order valence-corrected chi connectivity index (χ1v) is 9.61. The molecule has 2 aromatic carbocycles. The van der Waals surface area contributed by atoms with Crippen molar-refractivity contribution in [2.75, 3.05) is 23.9 Å². The number of benzene rings is 2. The molecule has 7 heteroatoms. The van der Waals surface area contributed by atoms with Gasteiger partial charge in [-0.2, -0.15) is 0 Å². The molecular formula is C22H20ClN3O3. The fourth-order valence-corrected chi connectivity index (χ4v) is 3.63. The summed E-state index contributed by atoms with van der Waals surface area (Å²) >= 11 is 6.27. The van der Waals surface area contributed by atoms with Crippen LogP contribution in [0, 0.1) is 0 Å². The molecule has 1 N–H and O–H groups in total. The van der Waals surface area contributed by atoms with E-state index in [-0.39, 0.29) is 5.91 Å². The van der Waals surface area contributed by atoms with Crippen molar-refractivity contribution >= 4 is 28.9 Å². The number of fused-ring (bicyclic) bond motifs is 1. The molecule has 1 amide bonds. The zero-order valence-corrected chi connectivity index (χ0v) is 16.8. The quantitative estimate of drug-likeness (QED) is 0.626. The highest BCUT2D eigenvalue weighted by Crippen LogP contribution is 2.38. The third kappa shape index (κ3) is 3.59. The molecule has 0 radical (unpaired) electrons. The lowest BCUT2D eigenvalue weighted by atomic mass is 10.2. The number of amides is 1. The lowest BCUT2D eigenvalue weighted by Crippen LogP contribution is -2.32. The molecule has 0 fully saturated rings. The van der Waals surface area contributed by atoms with E-state index in [1.165, 1.54) is 0 Å². The number of anilines is 2. The van der Waals surface area contributed by atoms with Crippen LogP contribution in [0.1, 0.15) is 29.1 Å². The smallest absolute Gasteiger partial charge is 0.262 e. The molecule has 1 aliphatic heterocycles. The molecule has 0 saturated carbocycles. The van der Waals surface area contributed by atoms with Crippen molar-refractivity contribution in [3.05, 3.63) is 77.1 Å². The summed E-state index contributed by atoms with van der Waals surface area (Å²) < 4.78 is 10.7. The monoisotopic (exact) mass is 409 g/mol. The summed E-state index contributed by atoms with van der Waals surface area (Å²) in [5.74, 6) is 1.22. The number of halogens is 1. The average Bonchev–Trinajstić information content (AvgIpc) is 3.01. The molecule has 0 unspecified atom stereocenters. The highest BCUT2D eigenvalue weighted by atomic mass is 35.5. The molecule has 0 bridgehead atoms. The van der Waals surface area contributed by atoms with Gasteiger partial charge in [-0.15, -0.1) is 0 Å². The molecule has 2 heterocycles. The van der Waals surface area contributed by atoms with Gasteiger partial charge in [-0.05, 0) is 61.5 Å². The van der Waals surface area contributed by atoms with Gasteiger partial charge in [0.25, 0.3) is 5.91 Å². The molecule has 0 aliphatic carbocycles. The minimum absolute atomic E-state index is 0.116. The standard InChI is InChI=1S/C22H20ClN3O3/c1-3-29-16-9-7-15(8-10-16)26-21(20-17(22(26)27)5-4-12-24-20)25-14-6-11-19(28-2)18(23)13-14/h4-13,21,25H,3H2,1-2H3/t21-/m1/s1. The fourth-order valence-electron chi connectivity index (χ4n) is 3.37. The van der Waals surface area contributed by atoms with Crippen molar-refractivity contribution in [1.82, 2.24) is 4.98 Å². The molecule has 4 rings (SSSR count). The predicted octanol–water partition coefficient (Wildman–Crippen LogP) is 4.91. The van der Waals surface area contributed by atoms with Gasteiger partial charge in [-0.3, -0.25) is 14.7 Å². The first-order valence-electron chi connectivity index (χ1n) is 9.23. The Labute approximate surface area is 174 Å². The van der Waals surface area contributed by atoms with Gasteiger partial charge in [0.05, 0.1) is 30.0 Å². The Morgan fingerprint density at radius 1 is 1.17 bits per heavy atom. The lowest BCUT2D eigenvalue weighted by molar-refractivity contribution is 0.0993. The number of nitrogens with one attached hydrogen (secondary N) is 1. The number of nitrogens with zero attached hydrogens (tertiary/aromatic N) is 2. The van der Waals surface area contributed by atoms with Crippen LogP contribution in [0.2, 0.25) is 5.02 Å². The zero-order valence-electron chi connectivity index (χ0n) is 16.1. The van der Waals surface area contributed by atoms with E-state index >= 15 is 0 Å². The van der Waals surface area contributed by atoms with E-state index in [1.54, 1.807) is 42.5 Å². The van der Waals surface area contributed by atoms with Crippen LogP contribution < -0.4 is 19.7 Å². The number of rotatable bonds is 6. The van der Waals surface area contributed by atoms with Crippen molar-refractivity contribution in [3.8, 4) is 11.5 Å². The second kappa shape index (κ2) is 8.01. The lowest BCUT2D eigenvalue weighted by Gasteiger charge is -2.27. The van der Waals surface area contributed by atoms with E-state index in [0.717, 1.165) is 17.1 Å². The maximum absolute atomic E-state index is 13.1. The number of aromatic nitrogens is 1. The van der Waals surface area contributed by atoms with Gasteiger partial charge in [0.15, 0.2) is 6.17 Å². The van der Waals surface area contributed by atoms with Crippen LogP contribution in [0.25, 0.3) is 0 Å².